The fraction of sp³-hybridized carbons (Fsp3) is 0. The first kappa shape index (κ1) is 31.5. The highest BCUT2D eigenvalue weighted by Gasteiger charge is 2.15. The zero-order chi connectivity index (χ0) is 35.8. The van der Waals surface area contributed by atoms with Gasteiger partial charge < -0.3 is 0 Å². The number of nitrogens with zero attached hydrogens (tertiary/aromatic N) is 3. The quantitative estimate of drug-likeness (QED) is 0.163. The Morgan fingerprint density at radius 3 is 1.39 bits per heavy atom. The number of benzene rings is 9. The Hall–Kier alpha value is -7.23. The summed E-state index contributed by atoms with van der Waals surface area (Å²) in [5.41, 5.74) is 9.74. The molecule has 0 aliphatic rings. The van der Waals surface area contributed by atoms with Gasteiger partial charge in [-0.3, -0.25) is 0 Å². The lowest BCUT2D eigenvalue weighted by atomic mass is 9.92. The number of fused-ring (bicyclic) bond motifs is 4. The summed E-state index contributed by atoms with van der Waals surface area (Å²) in [4.78, 5) is 15.3. The zero-order valence-corrected chi connectivity index (χ0v) is 29.4. The van der Waals surface area contributed by atoms with Crippen molar-refractivity contribution in [3.8, 4) is 67.5 Å². The van der Waals surface area contributed by atoms with E-state index < -0.39 is 0 Å². The first-order valence-electron chi connectivity index (χ1n) is 18.3. The topological polar surface area (TPSA) is 38.7 Å². The molecule has 0 aliphatic carbocycles. The molecular formula is C51H33N3. The van der Waals surface area contributed by atoms with Gasteiger partial charge in [0, 0.05) is 16.7 Å². The Morgan fingerprint density at radius 2 is 0.685 bits per heavy atom. The van der Waals surface area contributed by atoms with Gasteiger partial charge in [-0.15, -0.1) is 0 Å². The molecule has 3 heteroatoms. The largest absolute Gasteiger partial charge is 0.208 e. The summed E-state index contributed by atoms with van der Waals surface area (Å²) in [6.07, 6.45) is 0. The van der Waals surface area contributed by atoms with Crippen LogP contribution in [-0.2, 0) is 0 Å². The van der Waals surface area contributed by atoms with E-state index in [4.69, 9.17) is 15.0 Å². The maximum atomic E-state index is 5.13. The number of aromatic nitrogens is 3. The summed E-state index contributed by atoms with van der Waals surface area (Å²) in [6.45, 7) is 0. The number of hydrogen-bond donors (Lipinski definition) is 0. The van der Waals surface area contributed by atoms with Crippen LogP contribution in [0.5, 0.6) is 0 Å². The monoisotopic (exact) mass is 687 g/mol. The van der Waals surface area contributed by atoms with Crippen molar-refractivity contribution in [1.82, 2.24) is 15.0 Å². The standard InChI is InChI=1S/C51H33N3/c1-2-11-34(12-3-1)36-21-26-38(27-22-36)49-52-50(39-28-23-37(24-29-39)41-30-25-35-13-4-5-14-40(35)31-41)54-51(53-49)44-17-10-16-42(32-44)48-33-43-15-6-7-18-45(43)46-19-8-9-20-47(46)48/h1-33H. The molecule has 10 aromatic rings. The fourth-order valence-corrected chi connectivity index (χ4v) is 7.51. The fourth-order valence-electron chi connectivity index (χ4n) is 7.51. The average Bonchev–Trinajstić information content (AvgIpc) is 3.26. The molecule has 0 atom stereocenters. The highest BCUT2D eigenvalue weighted by molar-refractivity contribution is 6.13. The van der Waals surface area contributed by atoms with E-state index in [1.54, 1.807) is 0 Å². The van der Waals surface area contributed by atoms with Crippen LogP contribution in [0.25, 0.3) is 99.9 Å². The van der Waals surface area contributed by atoms with Crippen LogP contribution in [-0.4, -0.2) is 15.0 Å². The van der Waals surface area contributed by atoms with E-state index in [1.165, 1.54) is 49.0 Å². The van der Waals surface area contributed by atoms with E-state index >= 15 is 0 Å². The SMILES string of the molecule is c1ccc(-c2ccc(-c3nc(-c4ccc(-c5ccc6ccccc6c5)cc4)nc(-c4cccc(-c5cc6ccccc6c6ccccc56)c4)n3)cc2)cc1. The van der Waals surface area contributed by atoms with Crippen molar-refractivity contribution in [2.24, 2.45) is 0 Å². The summed E-state index contributed by atoms with van der Waals surface area (Å²) in [5.74, 6) is 1.90. The number of rotatable bonds is 6. The molecule has 0 N–H and O–H groups in total. The van der Waals surface area contributed by atoms with Crippen molar-refractivity contribution in [2.45, 2.75) is 0 Å². The first-order valence-corrected chi connectivity index (χ1v) is 18.3. The Morgan fingerprint density at radius 1 is 0.222 bits per heavy atom. The Labute approximate surface area is 313 Å². The molecule has 54 heavy (non-hydrogen) atoms. The second-order valence-corrected chi connectivity index (χ2v) is 13.7. The summed E-state index contributed by atoms with van der Waals surface area (Å²) < 4.78 is 0. The molecule has 1 aromatic heterocycles. The maximum Gasteiger partial charge on any atom is 0.164 e. The maximum absolute atomic E-state index is 5.13. The van der Waals surface area contributed by atoms with Crippen molar-refractivity contribution in [3.63, 3.8) is 0 Å². The lowest BCUT2D eigenvalue weighted by Gasteiger charge is -2.13. The third-order valence-corrected chi connectivity index (χ3v) is 10.3. The molecule has 0 saturated heterocycles. The molecule has 10 rings (SSSR count). The van der Waals surface area contributed by atoms with Crippen molar-refractivity contribution in [2.75, 3.05) is 0 Å². The molecule has 0 saturated carbocycles. The predicted molar refractivity (Wildman–Crippen MR) is 225 cm³/mol. The van der Waals surface area contributed by atoms with Crippen LogP contribution in [0.2, 0.25) is 0 Å². The molecule has 0 fully saturated rings. The molecule has 0 unspecified atom stereocenters. The van der Waals surface area contributed by atoms with Gasteiger partial charge in [0.25, 0.3) is 0 Å². The van der Waals surface area contributed by atoms with Crippen molar-refractivity contribution in [1.29, 1.82) is 0 Å². The van der Waals surface area contributed by atoms with Crippen LogP contribution < -0.4 is 0 Å². The van der Waals surface area contributed by atoms with Crippen LogP contribution in [0, 0.1) is 0 Å². The molecule has 0 spiro atoms. The van der Waals surface area contributed by atoms with E-state index in [1.807, 2.05) is 6.07 Å². The molecule has 252 valence electrons. The minimum atomic E-state index is 0.632. The highest BCUT2D eigenvalue weighted by atomic mass is 15.0. The molecule has 0 amide bonds. The summed E-state index contributed by atoms with van der Waals surface area (Å²) in [6, 6.07) is 70.6. The van der Waals surface area contributed by atoms with E-state index in [2.05, 4.69) is 194 Å². The van der Waals surface area contributed by atoms with Gasteiger partial charge in [0.1, 0.15) is 0 Å². The van der Waals surface area contributed by atoms with E-state index in [0.717, 1.165) is 33.4 Å². The van der Waals surface area contributed by atoms with E-state index in [9.17, 15) is 0 Å². The van der Waals surface area contributed by atoms with Crippen LogP contribution in [0.15, 0.2) is 200 Å². The second-order valence-electron chi connectivity index (χ2n) is 13.7. The van der Waals surface area contributed by atoms with Gasteiger partial charge in [-0.1, -0.05) is 182 Å². The molecule has 9 aromatic carbocycles. The van der Waals surface area contributed by atoms with Gasteiger partial charge in [0.2, 0.25) is 0 Å². The minimum Gasteiger partial charge on any atom is -0.208 e. The normalized spacial score (nSPS) is 11.3. The molecular weight excluding hydrogens is 655 g/mol. The highest BCUT2D eigenvalue weighted by Crippen LogP contribution is 2.37. The first-order chi connectivity index (χ1) is 26.7. The van der Waals surface area contributed by atoms with Crippen molar-refractivity contribution < 1.29 is 0 Å². The Balaban J connectivity index is 1.09. The zero-order valence-electron chi connectivity index (χ0n) is 29.4. The van der Waals surface area contributed by atoms with Gasteiger partial charge >= 0.3 is 0 Å². The van der Waals surface area contributed by atoms with Gasteiger partial charge in [-0.25, -0.2) is 15.0 Å². The molecule has 0 radical (unpaired) electrons. The van der Waals surface area contributed by atoms with E-state index in [-0.39, 0.29) is 0 Å². The summed E-state index contributed by atoms with van der Waals surface area (Å²) in [7, 11) is 0. The third kappa shape index (κ3) is 5.88. The lowest BCUT2D eigenvalue weighted by Crippen LogP contribution is -2.00. The molecule has 0 aliphatic heterocycles. The lowest BCUT2D eigenvalue weighted by molar-refractivity contribution is 1.07. The van der Waals surface area contributed by atoms with E-state index in [0.29, 0.717) is 17.5 Å². The summed E-state index contributed by atoms with van der Waals surface area (Å²) >= 11 is 0. The molecule has 3 nitrogen and oxygen atoms in total. The molecule has 1 heterocycles. The van der Waals surface area contributed by atoms with Crippen LogP contribution in [0.3, 0.4) is 0 Å². The average molecular weight is 688 g/mol. The number of hydrogen-bond acceptors (Lipinski definition) is 3. The Bertz CT molecular complexity index is 2970. The predicted octanol–water partition coefficient (Wildman–Crippen LogP) is 13.3. The third-order valence-electron chi connectivity index (χ3n) is 10.3. The van der Waals surface area contributed by atoms with Gasteiger partial charge in [-0.05, 0) is 83.9 Å². The smallest absolute Gasteiger partial charge is 0.164 e. The van der Waals surface area contributed by atoms with Gasteiger partial charge in [0.15, 0.2) is 17.5 Å². The summed E-state index contributed by atoms with van der Waals surface area (Å²) in [5, 5.41) is 7.39. The van der Waals surface area contributed by atoms with Gasteiger partial charge in [0.05, 0.1) is 0 Å². The molecule has 0 bridgehead atoms. The van der Waals surface area contributed by atoms with Crippen LogP contribution in [0.1, 0.15) is 0 Å². The van der Waals surface area contributed by atoms with Crippen LogP contribution >= 0.6 is 0 Å². The van der Waals surface area contributed by atoms with Crippen LogP contribution in [0.4, 0.5) is 0 Å². The Kier molecular flexibility index (Phi) is 7.81. The van der Waals surface area contributed by atoms with Crippen molar-refractivity contribution in [3.05, 3.63) is 200 Å². The van der Waals surface area contributed by atoms with Crippen molar-refractivity contribution >= 4 is 32.3 Å². The van der Waals surface area contributed by atoms with Gasteiger partial charge in [-0.2, -0.15) is 0 Å². The minimum absolute atomic E-state index is 0.632. The second kappa shape index (κ2) is 13.4.